The lowest BCUT2D eigenvalue weighted by molar-refractivity contribution is 1.11. The lowest BCUT2D eigenvalue weighted by atomic mass is 10.6. The Morgan fingerprint density at radius 3 is 0.750 bits per heavy atom. The van der Waals surface area contributed by atoms with Crippen molar-refractivity contribution in [2.75, 3.05) is 23.0 Å². The van der Waals surface area contributed by atoms with Crippen LogP contribution in [0.4, 0.5) is 0 Å². The van der Waals surface area contributed by atoms with E-state index in [0.717, 1.165) is 0 Å². The first-order valence-corrected chi connectivity index (χ1v) is 11.3. The van der Waals surface area contributed by atoms with Crippen molar-refractivity contribution in [3.05, 3.63) is 0 Å². The summed E-state index contributed by atoms with van der Waals surface area (Å²) in [6.45, 7) is 8.89. The van der Waals surface area contributed by atoms with Gasteiger partial charge in [0.25, 0.3) is 0 Å². The Bertz CT molecular complexity index is 75.0. The summed E-state index contributed by atoms with van der Waals surface area (Å²) in [5.74, 6) is 5.24. The fraction of sp³-hybridized carbons (Fsp3) is 1.00. The van der Waals surface area contributed by atoms with Crippen LogP contribution in [0.2, 0.25) is 0 Å². The largest absolute Gasteiger partial charge is 0.0942 e. The molecule has 0 radical (unpaired) electrons. The predicted molar refractivity (Wildman–Crippen MR) is 91.0 cm³/mol. The van der Waals surface area contributed by atoms with Crippen LogP contribution in [0.15, 0.2) is 0 Å². The molecule has 0 fully saturated rings. The minimum absolute atomic E-state index is 1.31. The zero-order chi connectivity index (χ0) is 12.5. The molecule has 0 nitrogen and oxygen atoms in total. The van der Waals surface area contributed by atoms with Crippen molar-refractivity contribution < 1.29 is 0 Å². The fourth-order valence-corrected chi connectivity index (χ4v) is 5.12. The smallest absolute Gasteiger partial charge is 0.00343 e. The van der Waals surface area contributed by atoms with E-state index in [2.05, 4.69) is 27.7 Å². The van der Waals surface area contributed by atoms with Crippen molar-refractivity contribution in [1.29, 1.82) is 0 Å². The van der Waals surface area contributed by atoms with E-state index in [1.165, 1.54) is 48.7 Å². The van der Waals surface area contributed by atoms with Gasteiger partial charge in [-0.15, -0.1) is 0 Å². The first-order valence-electron chi connectivity index (χ1n) is 6.32. The molecule has 0 aromatic rings. The van der Waals surface area contributed by atoms with Gasteiger partial charge >= 0.3 is 0 Å². The molecule has 0 aromatic heterocycles. The van der Waals surface area contributed by atoms with E-state index in [0.29, 0.717) is 0 Å². The third-order valence-electron chi connectivity index (χ3n) is 1.32. The summed E-state index contributed by atoms with van der Waals surface area (Å²) < 4.78 is 0. The third kappa shape index (κ3) is 24.6. The molecular weight excluding hydrogens is 272 g/mol. The minimum Gasteiger partial charge on any atom is -0.0942 e. The maximum atomic E-state index is 2.22. The second-order valence-electron chi connectivity index (χ2n) is 3.29. The molecule has 0 heterocycles. The molecule has 0 saturated heterocycles. The molecule has 0 unspecified atom stereocenters. The molecule has 0 spiro atoms. The van der Waals surface area contributed by atoms with Crippen molar-refractivity contribution in [3.63, 3.8) is 0 Å². The predicted octanol–water partition coefficient (Wildman–Crippen LogP) is 6.38. The zero-order valence-corrected chi connectivity index (χ0v) is 14.6. The molecule has 0 bridgehead atoms. The van der Waals surface area contributed by atoms with Gasteiger partial charge in [-0.2, -0.15) is 0 Å². The zero-order valence-electron chi connectivity index (χ0n) is 11.3. The molecule has 0 rings (SSSR count). The Morgan fingerprint density at radius 2 is 0.625 bits per heavy atom. The number of hydrogen-bond donors (Lipinski definition) is 0. The summed E-state index contributed by atoms with van der Waals surface area (Å²) in [5.41, 5.74) is 0. The van der Waals surface area contributed by atoms with E-state index in [4.69, 9.17) is 0 Å². The van der Waals surface area contributed by atoms with Crippen LogP contribution in [0.25, 0.3) is 0 Å². The summed E-state index contributed by atoms with van der Waals surface area (Å²) in [6, 6.07) is 0. The third-order valence-corrected chi connectivity index (χ3v) is 6.95. The van der Waals surface area contributed by atoms with Crippen molar-refractivity contribution >= 4 is 43.2 Å². The Hall–Kier alpha value is 1.40. The van der Waals surface area contributed by atoms with Gasteiger partial charge in [0.15, 0.2) is 0 Å². The fourth-order valence-electron chi connectivity index (χ4n) is 0.569. The van der Waals surface area contributed by atoms with Crippen LogP contribution in [-0.2, 0) is 0 Å². The first-order chi connectivity index (χ1) is 7.83. The van der Waals surface area contributed by atoms with Gasteiger partial charge in [0.05, 0.1) is 0 Å². The Balaban J connectivity index is 0. The highest BCUT2D eigenvalue weighted by Gasteiger charge is 1.84. The second-order valence-corrected chi connectivity index (χ2v) is 8.69. The van der Waals surface area contributed by atoms with Gasteiger partial charge in [-0.05, 0) is 25.7 Å². The van der Waals surface area contributed by atoms with Crippen molar-refractivity contribution in [1.82, 2.24) is 0 Å². The van der Waals surface area contributed by atoms with Crippen molar-refractivity contribution in [2.45, 2.75) is 53.4 Å². The van der Waals surface area contributed by atoms with Gasteiger partial charge in [-0.3, -0.25) is 0 Å². The van der Waals surface area contributed by atoms with Crippen molar-refractivity contribution in [2.24, 2.45) is 0 Å². The number of rotatable bonds is 10. The lowest BCUT2D eigenvalue weighted by Crippen LogP contribution is -1.70. The van der Waals surface area contributed by atoms with Crippen LogP contribution in [0.1, 0.15) is 53.4 Å². The minimum atomic E-state index is 1.31. The molecule has 0 aliphatic carbocycles. The highest BCUT2D eigenvalue weighted by Crippen LogP contribution is 2.22. The van der Waals surface area contributed by atoms with Crippen molar-refractivity contribution in [3.8, 4) is 0 Å². The highest BCUT2D eigenvalue weighted by atomic mass is 33.1. The normalized spacial score (nSPS) is 9.75. The van der Waals surface area contributed by atoms with E-state index in [1.807, 2.05) is 43.2 Å². The maximum absolute atomic E-state index is 2.22. The van der Waals surface area contributed by atoms with Crippen LogP contribution in [0, 0.1) is 0 Å². The molecule has 0 N–H and O–H groups in total. The van der Waals surface area contributed by atoms with E-state index in [9.17, 15) is 0 Å². The van der Waals surface area contributed by atoms with Gasteiger partial charge in [-0.25, -0.2) is 0 Å². The molecule has 4 heteroatoms. The SMILES string of the molecule is CCCSSCCC.CCCSSCCC. The molecule has 0 atom stereocenters. The molecule has 0 aliphatic heterocycles. The molecule has 100 valence electrons. The van der Waals surface area contributed by atoms with E-state index in [-0.39, 0.29) is 0 Å². The van der Waals surface area contributed by atoms with E-state index in [1.54, 1.807) is 0 Å². The first kappa shape index (κ1) is 19.7. The summed E-state index contributed by atoms with van der Waals surface area (Å²) in [7, 11) is 7.98. The van der Waals surface area contributed by atoms with Crippen LogP contribution in [0.5, 0.6) is 0 Å². The van der Waals surface area contributed by atoms with Crippen LogP contribution >= 0.6 is 43.2 Å². The van der Waals surface area contributed by atoms with Gasteiger partial charge in [0.1, 0.15) is 0 Å². The summed E-state index contributed by atoms with van der Waals surface area (Å²) in [6.07, 6.45) is 5.23. The van der Waals surface area contributed by atoms with Gasteiger partial charge in [0, 0.05) is 23.0 Å². The van der Waals surface area contributed by atoms with E-state index >= 15 is 0 Å². The Kier molecular flexibility index (Phi) is 26.7. The highest BCUT2D eigenvalue weighted by molar-refractivity contribution is 8.77. The quantitative estimate of drug-likeness (QED) is 0.339. The second kappa shape index (κ2) is 21.7. The average Bonchev–Trinajstić information content (AvgIpc) is 2.31. The summed E-state index contributed by atoms with van der Waals surface area (Å²) in [4.78, 5) is 0. The molecule has 0 saturated carbocycles. The number of hydrogen-bond acceptors (Lipinski definition) is 4. The lowest BCUT2D eigenvalue weighted by Gasteiger charge is -1.93. The van der Waals surface area contributed by atoms with Crippen LogP contribution in [-0.4, -0.2) is 23.0 Å². The topological polar surface area (TPSA) is 0 Å². The molecular formula is C12H28S4. The Labute approximate surface area is 119 Å². The molecule has 0 aliphatic rings. The Morgan fingerprint density at radius 1 is 0.438 bits per heavy atom. The molecule has 16 heavy (non-hydrogen) atoms. The summed E-state index contributed by atoms with van der Waals surface area (Å²) in [5, 5.41) is 0. The van der Waals surface area contributed by atoms with Gasteiger partial charge in [0.2, 0.25) is 0 Å². The molecule has 0 amide bonds. The van der Waals surface area contributed by atoms with E-state index < -0.39 is 0 Å². The van der Waals surface area contributed by atoms with Crippen LogP contribution < -0.4 is 0 Å². The van der Waals surface area contributed by atoms with Gasteiger partial charge < -0.3 is 0 Å². The van der Waals surface area contributed by atoms with Crippen LogP contribution in [0.3, 0.4) is 0 Å². The average molecular weight is 301 g/mol. The standard InChI is InChI=1S/2C6H14S2/c2*1-3-5-7-8-6-4-2/h2*3-6H2,1-2H3. The summed E-state index contributed by atoms with van der Waals surface area (Å²) >= 11 is 0. The molecule has 0 aromatic carbocycles. The maximum Gasteiger partial charge on any atom is 0.00343 e. The monoisotopic (exact) mass is 300 g/mol. The van der Waals surface area contributed by atoms with Gasteiger partial charge in [-0.1, -0.05) is 70.9 Å².